The number of morpholine rings is 1. The molecule has 1 aromatic rings. The molecule has 0 bridgehead atoms. The molecule has 6 nitrogen and oxygen atoms in total. The van der Waals surface area contributed by atoms with Crippen molar-refractivity contribution in [2.24, 2.45) is 10.4 Å². The zero-order valence-corrected chi connectivity index (χ0v) is 16.8. The Morgan fingerprint density at radius 1 is 1.21 bits per heavy atom. The van der Waals surface area contributed by atoms with Gasteiger partial charge in [0.1, 0.15) is 0 Å². The highest BCUT2D eigenvalue weighted by atomic mass is 19.1. The van der Waals surface area contributed by atoms with Crippen LogP contribution >= 0.6 is 0 Å². The van der Waals surface area contributed by atoms with Crippen LogP contribution < -0.4 is 10.6 Å². The number of ether oxygens (including phenoxy) is 1. The van der Waals surface area contributed by atoms with Crippen LogP contribution in [0.5, 0.6) is 5.75 Å². The van der Waals surface area contributed by atoms with Gasteiger partial charge in [-0.2, -0.15) is 0 Å². The minimum absolute atomic E-state index is 0.262. The zero-order chi connectivity index (χ0) is 19.8. The topological polar surface area (TPSA) is 69.1 Å². The van der Waals surface area contributed by atoms with Gasteiger partial charge in [0, 0.05) is 45.2 Å². The molecule has 0 amide bonds. The molecule has 1 aromatic carbocycles. The smallest absolute Gasteiger partial charge is 0.191 e. The number of halogens is 1. The Balaban J connectivity index is 1.55. The highest BCUT2D eigenvalue weighted by Gasteiger charge is 2.34. The van der Waals surface area contributed by atoms with Crippen molar-refractivity contribution < 1.29 is 14.2 Å². The third kappa shape index (κ3) is 5.82. The van der Waals surface area contributed by atoms with Crippen molar-refractivity contribution in [3.8, 4) is 5.75 Å². The minimum Gasteiger partial charge on any atom is -0.505 e. The van der Waals surface area contributed by atoms with Gasteiger partial charge in [0.2, 0.25) is 0 Å². The summed E-state index contributed by atoms with van der Waals surface area (Å²) in [7, 11) is 1.75. The van der Waals surface area contributed by atoms with E-state index in [1.54, 1.807) is 13.1 Å². The summed E-state index contributed by atoms with van der Waals surface area (Å²) in [6.07, 6.45) is 6.36. The Morgan fingerprint density at radius 2 is 1.96 bits per heavy atom. The van der Waals surface area contributed by atoms with E-state index in [0.717, 1.165) is 50.9 Å². The van der Waals surface area contributed by atoms with E-state index in [1.165, 1.54) is 44.2 Å². The lowest BCUT2D eigenvalue weighted by Gasteiger charge is -2.42. The Bertz CT molecular complexity index is 656. The standard InChI is InChI=1S/C21H33FN4O2/c1-23-20(24-14-17-5-6-19(27)18(22)13-17)25-15-21(7-3-2-4-8-21)16-26-9-11-28-12-10-26/h5-6,13,27H,2-4,7-12,14-16H2,1H3,(H2,23,24,25). The van der Waals surface area contributed by atoms with Crippen LogP contribution in [0.25, 0.3) is 0 Å². The minimum atomic E-state index is -0.603. The van der Waals surface area contributed by atoms with Crippen molar-refractivity contribution in [3.63, 3.8) is 0 Å². The van der Waals surface area contributed by atoms with Crippen molar-refractivity contribution in [3.05, 3.63) is 29.6 Å². The monoisotopic (exact) mass is 392 g/mol. The van der Waals surface area contributed by atoms with Crippen LogP contribution in [0.2, 0.25) is 0 Å². The first-order chi connectivity index (χ1) is 13.6. The molecule has 0 spiro atoms. The summed E-state index contributed by atoms with van der Waals surface area (Å²) in [4.78, 5) is 6.86. The van der Waals surface area contributed by atoms with E-state index in [2.05, 4.69) is 20.5 Å². The summed E-state index contributed by atoms with van der Waals surface area (Å²) in [6.45, 7) is 6.12. The molecule has 1 saturated heterocycles. The second-order valence-electron chi connectivity index (χ2n) is 8.01. The van der Waals surface area contributed by atoms with Gasteiger partial charge < -0.3 is 20.5 Å². The number of rotatable bonds is 6. The number of nitrogens with zero attached hydrogens (tertiary/aromatic N) is 2. The maximum atomic E-state index is 13.5. The SMILES string of the molecule is CN=C(NCc1ccc(O)c(F)c1)NCC1(CN2CCOCC2)CCCCC1. The number of hydrogen-bond acceptors (Lipinski definition) is 4. The van der Waals surface area contributed by atoms with Gasteiger partial charge in [-0.1, -0.05) is 25.3 Å². The van der Waals surface area contributed by atoms with Crippen molar-refractivity contribution >= 4 is 5.96 Å². The van der Waals surface area contributed by atoms with Gasteiger partial charge in [-0.05, 0) is 30.5 Å². The molecule has 1 heterocycles. The van der Waals surface area contributed by atoms with Gasteiger partial charge in [0.05, 0.1) is 13.2 Å². The first kappa shape index (κ1) is 20.9. The third-order valence-electron chi connectivity index (χ3n) is 5.90. The number of benzene rings is 1. The molecule has 0 aromatic heterocycles. The van der Waals surface area contributed by atoms with Gasteiger partial charge in [-0.3, -0.25) is 9.89 Å². The molecule has 3 N–H and O–H groups in total. The van der Waals surface area contributed by atoms with Gasteiger partial charge in [0.25, 0.3) is 0 Å². The predicted molar refractivity (Wildman–Crippen MR) is 109 cm³/mol. The molecule has 1 aliphatic heterocycles. The number of nitrogens with one attached hydrogen (secondary N) is 2. The van der Waals surface area contributed by atoms with E-state index >= 15 is 0 Å². The fourth-order valence-electron chi connectivity index (χ4n) is 4.26. The maximum absolute atomic E-state index is 13.5. The third-order valence-corrected chi connectivity index (χ3v) is 5.90. The molecular weight excluding hydrogens is 359 g/mol. The Labute approximate surface area is 167 Å². The van der Waals surface area contributed by atoms with Gasteiger partial charge >= 0.3 is 0 Å². The van der Waals surface area contributed by atoms with E-state index in [9.17, 15) is 9.50 Å². The Hall–Kier alpha value is -1.86. The fourth-order valence-corrected chi connectivity index (χ4v) is 4.26. The van der Waals surface area contributed by atoms with Gasteiger partial charge in [0.15, 0.2) is 17.5 Å². The molecule has 0 radical (unpaired) electrons. The normalized spacial score (nSPS) is 20.7. The average Bonchev–Trinajstić information content (AvgIpc) is 2.72. The van der Waals surface area contributed by atoms with Crippen LogP contribution in [-0.4, -0.2) is 62.4 Å². The second-order valence-corrected chi connectivity index (χ2v) is 8.01. The lowest BCUT2D eigenvalue weighted by atomic mass is 9.73. The quantitative estimate of drug-likeness (QED) is 0.513. The van der Waals surface area contributed by atoms with Gasteiger partial charge in [-0.15, -0.1) is 0 Å². The number of phenolic OH excluding ortho intramolecular Hbond substituents is 1. The molecule has 28 heavy (non-hydrogen) atoms. The first-order valence-electron chi connectivity index (χ1n) is 10.3. The molecule has 2 fully saturated rings. The van der Waals surface area contributed by atoms with E-state index in [0.29, 0.717) is 6.54 Å². The van der Waals surface area contributed by atoms with Crippen LogP contribution in [0.4, 0.5) is 4.39 Å². The van der Waals surface area contributed by atoms with Gasteiger partial charge in [-0.25, -0.2) is 4.39 Å². The Kier molecular flexibility index (Phi) is 7.50. The van der Waals surface area contributed by atoms with Crippen LogP contribution in [-0.2, 0) is 11.3 Å². The van der Waals surface area contributed by atoms with Crippen molar-refractivity contribution in [2.75, 3.05) is 46.4 Å². The summed E-state index contributed by atoms with van der Waals surface area (Å²) in [5, 5.41) is 16.1. The average molecular weight is 393 g/mol. The van der Waals surface area contributed by atoms with Crippen LogP contribution in [0.15, 0.2) is 23.2 Å². The van der Waals surface area contributed by atoms with Crippen LogP contribution in [0.1, 0.15) is 37.7 Å². The summed E-state index contributed by atoms with van der Waals surface area (Å²) < 4.78 is 19.0. The van der Waals surface area contributed by atoms with Crippen molar-refractivity contribution in [2.45, 2.75) is 38.6 Å². The molecule has 156 valence electrons. The van der Waals surface area contributed by atoms with E-state index < -0.39 is 5.82 Å². The zero-order valence-electron chi connectivity index (χ0n) is 16.8. The highest BCUT2D eigenvalue weighted by Crippen LogP contribution is 2.36. The molecule has 1 saturated carbocycles. The lowest BCUT2D eigenvalue weighted by molar-refractivity contribution is 0.00820. The van der Waals surface area contributed by atoms with Crippen molar-refractivity contribution in [1.29, 1.82) is 0 Å². The maximum Gasteiger partial charge on any atom is 0.191 e. The van der Waals surface area contributed by atoms with E-state index in [4.69, 9.17) is 4.74 Å². The number of aliphatic imine (C=N–C) groups is 1. The fraction of sp³-hybridized carbons (Fsp3) is 0.667. The molecule has 1 aliphatic carbocycles. The second kappa shape index (κ2) is 10.1. The van der Waals surface area contributed by atoms with Crippen LogP contribution in [0.3, 0.4) is 0 Å². The molecule has 0 unspecified atom stereocenters. The van der Waals surface area contributed by atoms with E-state index in [1.807, 2.05) is 0 Å². The highest BCUT2D eigenvalue weighted by molar-refractivity contribution is 5.79. The van der Waals surface area contributed by atoms with Crippen molar-refractivity contribution in [1.82, 2.24) is 15.5 Å². The molecule has 2 aliphatic rings. The predicted octanol–water partition coefficient (Wildman–Crippen LogP) is 2.48. The number of guanidine groups is 1. The number of hydrogen-bond donors (Lipinski definition) is 3. The first-order valence-corrected chi connectivity index (χ1v) is 10.3. The summed E-state index contributed by atoms with van der Waals surface area (Å²) in [5.74, 6) is -0.206. The van der Waals surface area contributed by atoms with Crippen LogP contribution in [0, 0.1) is 11.2 Å². The largest absolute Gasteiger partial charge is 0.505 e. The summed E-state index contributed by atoms with van der Waals surface area (Å²) >= 11 is 0. The van der Waals surface area contributed by atoms with E-state index in [-0.39, 0.29) is 11.2 Å². The molecule has 7 heteroatoms. The molecule has 0 atom stereocenters. The molecular formula is C21H33FN4O2. The number of phenols is 1. The summed E-state index contributed by atoms with van der Waals surface area (Å²) in [6, 6.07) is 4.43. The number of aromatic hydroxyl groups is 1. The molecule has 3 rings (SSSR count). The summed E-state index contributed by atoms with van der Waals surface area (Å²) in [5.41, 5.74) is 1.02. The Morgan fingerprint density at radius 3 is 2.64 bits per heavy atom. The lowest BCUT2D eigenvalue weighted by Crippen LogP contribution is -2.51.